The monoisotopic (exact) mass is 314 g/mol. The van der Waals surface area contributed by atoms with Gasteiger partial charge >= 0.3 is 0 Å². The third-order valence-corrected chi connectivity index (χ3v) is 3.33. The lowest BCUT2D eigenvalue weighted by atomic mass is 10.1. The highest BCUT2D eigenvalue weighted by Crippen LogP contribution is 2.22. The summed E-state index contributed by atoms with van der Waals surface area (Å²) in [6, 6.07) is 5.96. The third-order valence-electron chi connectivity index (χ3n) is 3.33. The summed E-state index contributed by atoms with van der Waals surface area (Å²) in [5.41, 5.74) is 7.36. The Morgan fingerprint density at radius 1 is 1.52 bits per heavy atom. The Hall–Kier alpha value is -1.30. The van der Waals surface area contributed by atoms with Gasteiger partial charge in [0.15, 0.2) is 0 Å². The van der Waals surface area contributed by atoms with Gasteiger partial charge in [0.2, 0.25) is 5.91 Å². The van der Waals surface area contributed by atoms with Crippen LogP contribution in [-0.2, 0) is 16.1 Å². The summed E-state index contributed by atoms with van der Waals surface area (Å²) in [5, 5.41) is 2.76. The standard InChI is InChI=1S/C15H22N2O3.ClH/c1-11-4-5-12(9-17-15(18)8-16)14(7-11)20-10-13-3-2-6-19-13;/h4-5,7,13H,2-3,6,8-10,16H2,1H3,(H,17,18);1H. The van der Waals surface area contributed by atoms with Crippen LogP contribution in [0, 0.1) is 6.92 Å². The van der Waals surface area contributed by atoms with Gasteiger partial charge in [0.25, 0.3) is 0 Å². The zero-order valence-electron chi connectivity index (χ0n) is 12.3. The fourth-order valence-electron chi connectivity index (χ4n) is 2.17. The molecule has 0 aliphatic carbocycles. The molecule has 1 aromatic carbocycles. The van der Waals surface area contributed by atoms with Gasteiger partial charge < -0.3 is 20.5 Å². The quantitative estimate of drug-likeness (QED) is 0.835. The molecule has 1 fully saturated rings. The third kappa shape index (κ3) is 5.53. The van der Waals surface area contributed by atoms with Crippen LogP contribution in [0.3, 0.4) is 0 Å². The van der Waals surface area contributed by atoms with Crippen LogP contribution in [0.5, 0.6) is 5.75 Å². The number of aryl methyl sites for hydroxylation is 1. The topological polar surface area (TPSA) is 73.6 Å². The van der Waals surface area contributed by atoms with Crippen molar-refractivity contribution in [2.45, 2.75) is 32.4 Å². The molecule has 118 valence electrons. The number of benzene rings is 1. The van der Waals surface area contributed by atoms with Crippen molar-refractivity contribution in [3.63, 3.8) is 0 Å². The zero-order chi connectivity index (χ0) is 14.4. The highest BCUT2D eigenvalue weighted by molar-refractivity contribution is 5.85. The van der Waals surface area contributed by atoms with E-state index in [-0.39, 0.29) is 31.0 Å². The van der Waals surface area contributed by atoms with Crippen molar-refractivity contribution in [2.24, 2.45) is 5.73 Å². The molecule has 0 bridgehead atoms. The summed E-state index contributed by atoms with van der Waals surface area (Å²) in [4.78, 5) is 11.2. The van der Waals surface area contributed by atoms with Gasteiger partial charge in [-0.3, -0.25) is 4.79 Å². The highest BCUT2D eigenvalue weighted by atomic mass is 35.5. The Morgan fingerprint density at radius 3 is 3.00 bits per heavy atom. The van der Waals surface area contributed by atoms with Crippen molar-refractivity contribution < 1.29 is 14.3 Å². The van der Waals surface area contributed by atoms with Crippen molar-refractivity contribution in [3.8, 4) is 5.75 Å². The van der Waals surface area contributed by atoms with E-state index in [1.165, 1.54) is 0 Å². The number of halogens is 1. The van der Waals surface area contributed by atoms with E-state index < -0.39 is 0 Å². The minimum Gasteiger partial charge on any atom is -0.491 e. The maximum atomic E-state index is 11.2. The summed E-state index contributed by atoms with van der Waals surface area (Å²) in [7, 11) is 0. The minimum atomic E-state index is -0.171. The fourth-order valence-corrected chi connectivity index (χ4v) is 2.17. The minimum absolute atomic E-state index is 0. The molecule has 1 heterocycles. The molecule has 3 N–H and O–H groups in total. The lowest BCUT2D eigenvalue weighted by Gasteiger charge is -2.15. The first kappa shape index (κ1) is 17.8. The number of nitrogens with one attached hydrogen (secondary N) is 1. The van der Waals surface area contributed by atoms with E-state index in [1.807, 2.05) is 25.1 Å². The van der Waals surface area contributed by atoms with E-state index in [2.05, 4.69) is 5.32 Å². The molecule has 1 amide bonds. The number of ether oxygens (including phenoxy) is 2. The lowest BCUT2D eigenvalue weighted by Crippen LogP contribution is -2.30. The molecule has 1 aliphatic rings. The van der Waals surface area contributed by atoms with E-state index in [9.17, 15) is 4.79 Å². The number of hydrogen-bond acceptors (Lipinski definition) is 4. The molecule has 1 saturated heterocycles. The average Bonchev–Trinajstić information content (AvgIpc) is 2.97. The molecule has 2 rings (SSSR count). The number of nitrogens with two attached hydrogens (primary N) is 1. The summed E-state index contributed by atoms with van der Waals surface area (Å²) in [6.45, 7) is 3.82. The molecule has 1 unspecified atom stereocenters. The van der Waals surface area contributed by atoms with Crippen LogP contribution in [0.2, 0.25) is 0 Å². The first-order valence-corrected chi connectivity index (χ1v) is 6.99. The summed E-state index contributed by atoms with van der Waals surface area (Å²) >= 11 is 0. The Balaban J connectivity index is 0.00000220. The maximum absolute atomic E-state index is 11.2. The van der Waals surface area contributed by atoms with Crippen LogP contribution in [0.15, 0.2) is 18.2 Å². The largest absolute Gasteiger partial charge is 0.491 e. The smallest absolute Gasteiger partial charge is 0.234 e. The van der Waals surface area contributed by atoms with Crippen molar-refractivity contribution in [3.05, 3.63) is 29.3 Å². The summed E-state index contributed by atoms with van der Waals surface area (Å²) < 4.78 is 11.4. The molecule has 1 aromatic rings. The van der Waals surface area contributed by atoms with Gasteiger partial charge in [0.1, 0.15) is 12.4 Å². The Labute approximate surface area is 131 Å². The van der Waals surface area contributed by atoms with E-state index in [0.717, 1.165) is 36.3 Å². The van der Waals surface area contributed by atoms with Crippen molar-refractivity contribution in [1.82, 2.24) is 5.32 Å². The molecule has 6 heteroatoms. The fraction of sp³-hybridized carbons (Fsp3) is 0.533. The van der Waals surface area contributed by atoms with Crippen molar-refractivity contribution in [1.29, 1.82) is 0 Å². The van der Waals surface area contributed by atoms with Gasteiger partial charge in [0.05, 0.1) is 12.6 Å². The van der Waals surface area contributed by atoms with E-state index in [0.29, 0.717) is 13.2 Å². The molecule has 0 radical (unpaired) electrons. The second-order valence-electron chi connectivity index (χ2n) is 5.04. The lowest BCUT2D eigenvalue weighted by molar-refractivity contribution is -0.119. The second kappa shape index (κ2) is 8.87. The summed E-state index contributed by atoms with van der Waals surface area (Å²) in [5.74, 6) is 0.633. The normalized spacial score (nSPS) is 17.1. The summed E-state index contributed by atoms with van der Waals surface area (Å²) in [6.07, 6.45) is 2.33. The Bertz CT molecular complexity index is 462. The van der Waals surface area contributed by atoms with Gasteiger partial charge in [-0.2, -0.15) is 0 Å². The van der Waals surface area contributed by atoms with Gasteiger partial charge in [0, 0.05) is 18.7 Å². The molecule has 0 saturated carbocycles. The van der Waals surface area contributed by atoms with Crippen LogP contribution in [-0.4, -0.2) is 31.8 Å². The van der Waals surface area contributed by atoms with Crippen LogP contribution < -0.4 is 15.8 Å². The van der Waals surface area contributed by atoms with Gasteiger partial charge in [-0.15, -0.1) is 12.4 Å². The number of hydrogen-bond donors (Lipinski definition) is 2. The van der Waals surface area contributed by atoms with Crippen LogP contribution in [0.4, 0.5) is 0 Å². The SMILES string of the molecule is Cc1ccc(CNC(=O)CN)c(OCC2CCCO2)c1.Cl. The molecular weight excluding hydrogens is 292 g/mol. The van der Waals surface area contributed by atoms with Gasteiger partial charge in [-0.05, 0) is 31.4 Å². The molecule has 5 nitrogen and oxygen atoms in total. The molecule has 0 spiro atoms. The maximum Gasteiger partial charge on any atom is 0.234 e. The second-order valence-corrected chi connectivity index (χ2v) is 5.04. The van der Waals surface area contributed by atoms with Crippen LogP contribution in [0.1, 0.15) is 24.0 Å². The zero-order valence-corrected chi connectivity index (χ0v) is 13.1. The highest BCUT2D eigenvalue weighted by Gasteiger charge is 2.17. The predicted octanol–water partition coefficient (Wildman–Crippen LogP) is 1.55. The van der Waals surface area contributed by atoms with Crippen LogP contribution in [0.25, 0.3) is 0 Å². The molecule has 21 heavy (non-hydrogen) atoms. The number of rotatable bonds is 6. The van der Waals surface area contributed by atoms with Gasteiger partial charge in [-0.1, -0.05) is 12.1 Å². The van der Waals surface area contributed by atoms with Gasteiger partial charge in [-0.25, -0.2) is 0 Å². The first-order chi connectivity index (χ1) is 9.69. The Kier molecular flexibility index (Phi) is 7.50. The molecular formula is C15H23ClN2O3. The van der Waals surface area contributed by atoms with E-state index >= 15 is 0 Å². The van der Waals surface area contributed by atoms with Crippen LogP contribution >= 0.6 is 12.4 Å². The number of carbonyl (C=O) groups is 1. The first-order valence-electron chi connectivity index (χ1n) is 6.99. The van der Waals surface area contributed by atoms with E-state index in [1.54, 1.807) is 0 Å². The number of carbonyl (C=O) groups excluding carboxylic acids is 1. The molecule has 1 aliphatic heterocycles. The molecule has 1 atom stereocenters. The predicted molar refractivity (Wildman–Crippen MR) is 83.8 cm³/mol. The van der Waals surface area contributed by atoms with Crippen molar-refractivity contribution >= 4 is 18.3 Å². The van der Waals surface area contributed by atoms with E-state index in [4.69, 9.17) is 15.2 Å². The molecule has 0 aromatic heterocycles. The number of amides is 1. The average molecular weight is 315 g/mol. The Morgan fingerprint density at radius 2 is 2.33 bits per heavy atom. The van der Waals surface area contributed by atoms with Crippen molar-refractivity contribution in [2.75, 3.05) is 19.8 Å².